The third-order valence-corrected chi connectivity index (χ3v) is 2.78. The highest BCUT2D eigenvalue weighted by Gasteiger charge is 2.22. The van der Waals surface area contributed by atoms with Crippen molar-refractivity contribution in [3.63, 3.8) is 0 Å². The van der Waals surface area contributed by atoms with Crippen molar-refractivity contribution in [1.82, 2.24) is 5.16 Å². The highest BCUT2D eigenvalue weighted by molar-refractivity contribution is 5.86. The van der Waals surface area contributed by atoms with E-state index in [1.54, 1.807) is 12.1 Å². The summed E-state index contributed by atoms with van der Waals surface area (Å²) in [7, 11) is 0. The summed E-state index contributed by atoms with van der Waals surface area (Å²) in [6.07, 6.45) is 0.0306. The molecule has 1 saturated heterocycles. The van der Waals surface area contributed by atoms with E-state index < -0.39 is 5.97 Å². The monoisotopic (exact) mass is 261 g/mol. The lowest BCUT2D eigenvalue weighted by atomic mass is 10.1. The van der Waals surface area contributed by atoms with Crippen LogP contribution < -0.4 is 4.74 Å². The normalized spacial score (nSPS) is 14.9. The zero-order valence-electron chi connectivity index (χ0n) is 9.91. The summed E-state index contributed by atoms with van der Waals surface area (Å²) >= 11 is 0. The van der Waals surface area contributed by atoms with Crippen LogP contribution in [0.25, 0.3) is 11.3 Å². The van der Waals surface area contributed by atoms with Crippen LogP contribution in [0.4, 0.5) is 0 Å². The van der Waals surface area contributed by atoms with Gasteiger partial charge in [0.05, 0.1) is 18.8 Å². The van der Waals surface area contributed by atoms with Gasteiger partial charge in [-0.25, -0.2) is 4.79 Å². The Morgan fingerprint density at radius 1 is 1.37 bits per heavy atom. The predicted molar refractivity (Wildman–Crippen MR) is 64.1 cm³/mol. The van der Waals surface area contributed by atoms with Crippen LogP contribution in [0.1, 0.15) is 10.5 Å². The molecule has 19 heavy (non-hydrogen) atoms. The Hall–Kier alpha value is -2.34. The fourth-order valence-corrected chi connectivity index (χ4v) is 1.74. The van der Waals surface area contributed by atoms with E-state index in [0.29, 0.717) is 30.3 Å². The van der Waals surface area contributed by atoms with E-state index in [9.17, 15) is 4.79 Å². The van der Waals surface area contributed by atoms with Gasteiger partial charge in [0.2, 0.25) is 0 Å². The molecule has 3 rings (SSSR count). The van der Waals surface area contributed by atoms with Crippen LogP contribution in [0.3, 0.4) is 0 Å². The van der Waals surface area contributed by atoms with Gasteiger partial charge in [-0.3, -0.25) is 0 Å². The second-order valence-electron chi connectivity index (χ2n) is 4.16. The molecule has 0 saturated carbocycles. The lowest BCUT2D eigenvalue weighted by Gasteiger charge is -2.27. The van der Waals surface area contributed by atoms with Gasteiger partial charge in [-0.05, 0) is 12.1 Å². The molecule has 1 fully saturated rings. The lowest BCUT2D eigenvalue weighted by Crippen LogP contribution is -2.38. The molecule has 1 aliphatic rings. The number of rotatable bonds is 4. The summed E-state index contributed by atoms with van der Waals surface area (Å²) in [5.74, 6) is -0.127. The van der Waals surface area contributed by atoms with E-state index in [4.69, 9.17) is 19.1 Å². The van der Waals surface area contributed by atoms with E-state index in [0.717, 1.165) is 0 Å². The van der Waals surface area contributed by atoms with Crippen molar-refractivity contribution in [2.45, 2.75) is 6.10 Å². The summed E-state index contributed by atoms with van der Waals surface area (Å²) in [5, 5.41) is 12.3. The third kappa shape index (κ3) is 2.30. The number of aromatic nitrogens is 1. The Balaban J connectivity index is 1.91. The van der Waals surface area contributed by atoms with Crippen LogP contribution in [-0.4, -0.2) is 35.6 Å². The molecule has 6 heteroatoms. The molecule has 1 aromatic carbocycles. The zero-order chi connectivity index (χ0) is 13.2. The van der Waals surface area contributed by atoms with E-state index in [1.807, 2.05) is 12.1 Å². The molecule has 0 spiro atoms. The molecule has 0 aliphatic carbocycles. The fourth-order valence-electron chi connectivity index (χ4n) is 1.74. The van der Waals surface area contributed by atoms with Gasteiger partial charge in [0.25, 0.3) is 0 Å². The number of benzene rings is 1. The number of nitrogens with zero attached hydrogens (tertiary/aromatic N) is 1. The maximum absolute atomic E-state index is 10.8. The first-order valence-electron chi connectivity index (χ1n) is 5.78. The number of hydrogen-bond acceptors (Lipinski definition) is 5. The minimum Gasteiger partial charge on any atom is -0.485 e. The van der Waals surface area contributed by atoms with Crippen LogP contribution in [0.5, 0.6) is 5.75 Å². The van der Waals surface area contributed by atoms with E-state index >= 15 is 0 Å². The number of carboxylic acid groups (broad SMARTS) is 1. The van der Waals surface area contributed by atoms with Gasteiger partial charge in [-0.1, -0.05) is 17.3 Å². The minimum absolute atomic E-state index is 0.0306. The predicted octanol–water partition coefficient (Wildman–Crippen LogP) is 1.82. The fraction of sp³-hybridized carbons (Fsp3) is 0.231. The van der Waals surface area contributed by atoms with E-state index in [1.165, 1.54) is 6.07 Å². The maximum atomic E-state index is 10.8. The highest BCUT2D eigenvalue weighted by Crippen LogP contribution is 2.31. The molecule has 6 nitrogen and oxygen atoms in total. The van der Waals surface area contributed by atoms with Crippen molar-refractivity contribution in [2.75, 3.05) is 13.2 Å². The Bertz CT molecular complexity index is 603. The molecule has 2 heterocycles. The summed E-state index contributed by atoms with van der Waals surface area (Å²) in [4.78, 5) is 10.8. The van der Waals surface area contributed by atoms with Gasteiger partial charge in [0, 0.05) is 6.07 Å². The van der Waals surface area contributed by atoms with Crippen LogP contribution in [0.2, 0.25) is 0 Å². The van der Waals surface area contributed by atoms with Gasteiger partial charge in [-0.2, -0.15) is 0 Å². The molecular weight excluding hydrogens is 250 g/mol. The summed E-state index contributed by atoms with van der Waals surface area (Å²) in [6.45, 7) is 1.12. The minimum atomic E-state index is -1.12. The highest BCUT2D eigenvalue weighted by atomic mass is 16.6. The number of carboxylic acids is 1. The molecule has 0 radical (unpaired) electrons. The maximum Gasteiger partial charge on any atom is 0.358 e. The number of hydrogen-bond donors (Lipinski definition) is 1. The van der Waals surface area contributed by atoms with Crippen molar-refractivity contribution in [3.05, 3.63) is 36.0 Å². The molecular formula is C13H11NO5. The Labute approximate surface area is 108 Å². The van der Waals surface area contributed by atoms with Gasteiger partial charge < -0.3 is 19.1 Å². The number of para-hydroxylation sites is 1. The van der Waals surface area contributed by atoms with Gasteiger partial charge >= 0.3 is 5.97 Å². The van der Waals surface area contributed by atoms with Crippen molar-refractivity contribution in [3.8, 4) is 17.1 Å². The summed E-state index contributed by atoms with van der Waals surface area (Å²) < 4.78 is 15.8. The van der Waals surface area contributed by atoms with Crippen LogP contribution in [-0.2, 0) is 4.74 Å². The average molecular weight is 261 g/mol. The molecule has 1 aromatic heterocycles. The first-order valence-corrected chi connectivity index (χ1v) is 5.78. The van der Waals surface area contributed by atoms with E-state index in [2.05, 4.69) is 5.16 Å². The van der Waals surface area contributed by atoms with Gasteiger partial charge in [0.15, 0.2) is 11.5 Å². The van der Waals surface area contributed by atoms with Crippen LogP contribution >= 0.6 is 0 Å². The van der Waals surface area contributed by atoms with Crippen molar-refractivity contribution < 1.29 is 23.9 Å². The first-order chi connectivity index (χ1) is 9.24. The Morgan fingerprint density at radius 2 is 2.16 bits per heavy atom. The quantitative estimate of drug-likeness (QED) is 0.904. The molecule has 0 bridgehead atoms. The summed E-state index contributed by atoms with van der Waals surface area (Å²) in [5.41, 5.74) is 0.547. The SMILES string of the molecule is O=C(O)c1cc(-c2ccccc2OC2COC2)on1. The second kappa shape index (κ2) is 4.74. The molecule has 1 aliphatic heterocycles. The number of aromatic carboxylic acids is 1. The molecule has 0 amide bonds. The van der Waals surface area contributed by atoms with E-state index in [-0.39, 0.29) is 11.8 Å². The zero-order valence-corrected chi connectivity index (χ0v) is 9.91. The third-order valence-electron chi connectivity index (χ3n) is 2.78. The topological polar surface area (TPSA) is 81.8 Å². The Morgan fingerprint density at radius 3 is 2.79 bits per heavy atom. The standard InChI is InChI=1S/C13H11NO5/c15-13(16)10-5-12(19-14-10)9-3-1-2-4-11(9)18-8-6-17-7-8/h1-5,8H,6-7H2,(H,15,16). The van der Waals surface area contributed by atoms with Gasteiger partial charge in [-0.15, -0.1) is 0 Å². The molecule has 2 aromatic rings. The number of ether oxygens (including phenoxy) is 2. The van der Waals surface area contributed by atoms with Crippen molar-refractivity contribution in [2.24, 2.45) is 0 Å². The largest absolute Gasteiger partial charge is 0.485 e. The van der Waals surface area contributed by atoms with Gasteiger partial charge in [0.1, 0.15) is 11.9 Å². The molecule has 1 N–H and O–H groups in total. The Kier molecular flexibility index (Phi) is 2.92. The van der Waals surface area contributed by atoms with Crippen LogP contribution in [0, 0.1) is 0 Å². The van der Waals surface area contributed by atoms with Crippen LogP contribution in [0.15, 0.2) is 34.9 Å². The summed E-state index contributed by atoms with van der Waals surface area (Å²) in [6, 6.07) is 8.63. The average Bonchev–Trinajstić information content (AvgIpc) is 2.84. The molecule has 0 unspecified atom stereocenters. The van der Waals surface area contributed by atoms with Crippen molar-refractivity contribution >= 4 is 5.97 Å². The number of carbonyl (C=O) groups is 1. The smallest absolute Gasteiger partial charge is 0.358 e. The lowest BCUT2D eigenvalue weighted by molar-refractivity contribution is -0.0794. The first kappa shape index (κ1) is 11.7. The molecule has 98 valence electrons. The molecule has 0 atom stereocenters. The second-order valence-corrected chi connectivity index (χ2v) is 4.16. The van der Waals surface area contributed by atoms with Crippen molar-refractivity contribution in [1.29, 1.82) is 0 Å².